The molecule has 5 nitrogen and oxygen atoms in total. The summed E-state index contributed by atoms with van der Waals surface area (Å²) in [5.74, 6) is 0.455. The second kappa shape index (κ2) is 4.12. The quantitative estimate of drug-likeness (QED) is 0.615. The predicted molar refractivity (Wildman–Crippen MR) is 37.8 cm³/mol. The fourth-order valence-electron chi connectivity index (χ4n) is 0.545. The van der Waals surface area contributed by atoms with E-state index in [4.69, 9.17) is 0 Å². The van der Waals surface area contributed by atoms with Crippen molar-refractivity contribution >= 4 is 11.3 Å². The maximum atomic E-state index is 10.0. The van der Waals surface area contributed by atoms with Crippen molar-refractivity contribution in [2.75, 3.05) is 0 Å². The number of aromatic nitrogens is 2. The van der Waals surface area contributed by atoms with Gasteiger partial charge in [0.05, 0.1) is 6.54 Å². The molecule has 0 saturated heterocycles. The average molecular weight is 172 g/mol. The van der Waals surface area contributed by atoms with Crippen LogP contribution in [-0.4, -0.2) is 18.7 Å². The maximum absolute atomic E-state index is 10.0. The number of hydrogen-bond acceptors (Lipinski definition) is 4. The SMILES string of the molecule is O=S([O-])NCc1ncccn1. The highest BCUT2D eigenvalue weighted by molar-refractivity contribution is 7.77. The van der Waals surface area contributed by atoms with Crippen molar-refractivity contribution in [1.29, 1.82) is 0 Å². The summed E-state index contributed by atoms with van der Waals surface area (Å²) in [6.45, 7) is 0.136. The van der Waals surface area contributed by atoms with E-state index in [9.17, 15) is 8.76 Å². The zero-order chi connectivity index (χ0) is 8.10. The van der Waals surface area contributed by atoms with Gasteiger partial charge in [0.25, 0.3) is 0 Å². The summed E-state index contributed by atoms with van der Waals surface area (Å²) < 4.78 is 22.2. The summed E-state index contributed by atoms with van der Waals surface area (Å²) in [5.41, 5.74) is 0. The zero-order valence-electron chi connectivity index (χ0n) is 5.56. The van der Waals surface area contributed by atoms with Crippen LogP contribution in [0.25, 0.3) is 0 Å². The molecular formula is C5H6N3O2S-. The lowest BCUT2D eigenvalue weighted by Crippen LogP contribution is -2.17. The summed E-state index contributed by atoms with van der Waals surface area (Å²) in [5, 5.41) is 0. The second-order valence-corrected chi connectivity index (χ2v) is 2.48. The predicted octanol–water partition coefficient (Wildman–Crippen LogP) is -0.640. The Balaban J connectivity index is 2.45. The van der Waals surface area contributed by atoms with E-state index in [-0.39, 0.29) is 6.54 Å². The van der Waals surface area contributed by atoms with Gasteiger partial charge in [0.15, 0.2) is 0 Å². The molecule has 0 aromatic carbocycles. The van der Waals surface area contributed by atoms with Crippen LogP contribution >= 0.6 is 0 Å². The number of hydrogen-bond donors (Lipinski definition) is 1. The first kappa shape index (κ1) is 8.25. The molecule has 0 amide bonds. The Kier molecular flexibility index (Phi) is 3.09. The Morgan fingerprint density at radius 3 is 2.73 bits per heavy atom. The molecule has 60 valence electrons. The summed E-state index contributed by atoms with van der Waals surface area (Å²) in [4.78, 5) is 7.61. The van der Waals surface area contributed by atoms with Crippen LogP contribution in [0.2, 0.25) is 0 Å². The average Bonchev–Trinajstić information content (AvgIpc) is 2.03. The molecule has 1 N–H and O–H groups in total. The smallest absolute Gasteiger partial charge is 0.142 e. The van der Waals surface area contributed by atoms with Gasteiger partial charge < -0.3 is 4.55 Å². The standard InChI is InChI=1S/C5H7N3O2S/c9-11(10)8-4-5-6-2-1-3-7-5/h1-3,8H,4H2,(H,9,10)/p-1. The van der Waals surface area contributed by atoms with Crippen molar-refractivity contribution < 1.29 is 8.76 Å². The van der Waals surface area contributed by atoms with Crippen LogP contribution in [0.4, 0.5) is 0 Å². The first-order valence-corrected chi connectivity index (χ1v) is 3.95. The highest BCUT2D eigenvalue weighted by Crippen LogP contribution is 1.85. The molecule has 1 aromatic rings. The van der Waals surface area contributed by atoms with E-state index in [0.717, 1.165) is 0 Å². The van der Waals surface area contributed by atoms with Crippen LogP contribution in [0.5, 0.6) is 0 Å². The van der Waals surface area contributed by atoms with Crippen LogP contribution in [0.1, 0.15) is 5.82 Å². The van der Waals surface area contributed by atoms with Crippen molar-refractivity contribution in [2.24, 2.45) is 0 Å². The van der Waals surface area contributed by atoms with Gasteiger partial charge in [0, 0.05) is 23.7 Å². The summed E-state index contributed by atoms with van der Waals surface area (Å²) in [6, 6.07) is 1.66. The van der Waals surface area contributed by atoms with E-state index in [1.165, 1.54) is 0 Å². The fourth-order valence-corrected chi connectivity index (χ4v) is 0.792. The Morgan fingerprint density at radius 2 is 2.18 bits per heavy atom. The van der Waals surface area contributed by atoms with Crippen molar-refractivity contribution in [2.45, 2.75) is 6.54 Å². The van der Waals surface area contributed by atoms with Gasteiger partial charge in [0.2, 0.25) is 0 Å². The number of nitrogens with one attached hydrogen (secondary N) is 1. The molecule has 1 rings (SSSR count). The molecule has 1 aromatic heterocycles. The topological polar surface area (TPSA) is 77.9 Å². The normalized spacial score (nSPS) is 12.8. The Labute approximate surface area is 66.3 Å². The van der Waals surface area contributed by atoms with Gasteiger partial charge in [-0.05, 0) is 6.07 Å². The van der Waals surface area contributed by atoms with Gasteiger partial charge in [0.1, 0.15) is 5.82 Å². The minimum absolute atomic E-state index is 0.136. The molecule has 0 aliphatic carbocycles. The third kappa shape index (κ3) is 3.17. The van der Waals surface area contributed by atoms with Crippen molar-refractivity contribution in [1.82, 2.24) is 14.7 Å². The molecule has 6 heteroatoms. The van der Waals surface area contributed by atoms with Gasteiger partial charge in [-0.25, -0.2) is 14.7 Å². The largest absolute Gasteiger partial charge is 0.760 e. The lowest BCUT2D eigenvalue weighted by atomic mass is 10.6. The summed E-state index contributed by atoms with van der Waals surface area (Å²) in [7, 11) is 0. The van der Waals surface area contributed by atoms with E-state index >= 15 is 0 Å². The van der Waals surface area contributed by atoms with Crippen molar-refractivity contribution in [3.05, 3.63) is 24.3 Å². The minimum Gasteiger partial charge on any atom is -0.760 e. The van der Waals surface area contributed by atoms with E-state index in [2.05, 4.69) is 14.7 Å². The molecule has 1 heterocycles. The Hall–Kier alpha value is -0.850. The molecule has 0 aliphatic rings. The molecular weight excluding hydrogens is 166 g/mol. The maximum Gasteiger partial charge on any atom is 0.142 e. The number of rotatable bonds is 3. The molecule has 0 bridgehead atoms. The summed E-state index contributed by atoms with van der Waals surface area (Å²) >= 11 is -2.25. The van der Waals surface area contributed by atoms with Crippen LogP contribution in [-0.2, 0) is 17.8 Å². The van der Waals surface area contributed by atoms with Crippen LogP contribution in [0.3, 0.4) is 0 Å². The molecule has 0 radical (unpaired) electrons. The van der Waals surface area contributed by atoms with Crippen LogP contribution in [0.15, 0.2) is 18.5 Å². The van der Waals surface area contributed by atoms with Gasteiger partial charge in [-0.15, -0.1) is 0 Å². The fraction of sp³-hybridized carbons (Fsp3) is 0.200. The molecule has 1 unspecified atom stereocenters. The van der Waals surface area contributed by atoms with Gasteiger partial charge >= 0.3 is 0 Å². The van der Waals surface area contributed by atoms with E-state index in [1.54, 1.807) is 18.5 Å². The van der Waals surface area contributed by atoms with Crippen molar-refractivity contribution in [3.63, 3.8) is 0 Å². The highest BCUT2D eigenvalue weighted by Gasteiger charge is 1.91. The molecule has 0 aliphatic heterocycles. The van der Waals surface area contributed by atoms with E-state index in [1.807, 2.05) is 0 Å². The van der Waals surface area contributed by atoms with Gasteiger partial charge in [-0.1, -0.05) is 0 Å². The first-order chi connectivity index (χ1) is 5.29. The summed E-state index contributed by atoms with van der Waals surface area (Å²) in [6.07, 6.45) is 3.11. The molecule has 0 spiro atoms. The third-order valence-electron chi connectivity index (χ3n) is 0.967. The number of nitrogens with zero attached hydrogens (tertiary/aromatic N) is 2. The van der Waals surface area contributed by atoms with Crippen LogP contribution in [0, 0.1) is 0 Å². The van der Waals surface area contributed by atoms with Crippen molar-refractivity contribution in [3.8, 4) is 0 Å². The molecule has 0 fully saturated rings. The lowest BCUT2D eigenvalue weighted by molar-refractivity contribution is 0.521. The Morgan fingerprint density at radius 1 is 1.55 bits per heavy atom. The van der Waals surface area contributed by atoms with Crippen LogP contribution < -0.4 is 4.72 Å². The third-order valence-corrected chi connectivity index (χ3v) is 1.35. The minimum atomic E-state index is -2.25. The Bertz CT molecular complexity index is 241. The zero-order valence-corrected chi connectivity index (χ0v) is 6.37. The lowest BCUT2D eigenvalue weighted by Gasteiger charge is -2.04. The molecule has 1 atom stereocenters. The second-order valence-electron chi connectivity index (χ2n) is 1.72. The first-order valence-electron chi connectivity index (χ1n) is 2.87. The van der Waals surface area contributed by atoms with Gasteiger partial charge in [-0.3, -0.25) is 4.21 Å². The van der Waals surface area contributed by atoms with Gasteiger partial charge in [-0.2, -0.15) is 0 Å². The highest BCUT2D eigenvalue weighted by atomic mass is 32.2. The monoisotopic (exact) mass is 172 g/mol. The molecule has 0 saturated carbocycles. The van der Waals surface area contributed by atoms with E-state index in [0.29, 0.717) is 5.82 Å². The molecule has 11 heavy (non-hydrogen) atoms. The van der Waals surface area contributed by atoms with E-state index < -0.39 is 11.3 Å².